The molecule has 0 spiro atoms. The highest BCUT2D eigenvalue weighted by Crippen LogP contribution is 2.23. The van der Waals surface area contributed by atoms with Gasteiger partial charge in [0.15, 0.2) is 0 Å². The highest BCUT2D eigenvalue weighted by Gasteiger charge is 2.20. The highest BCUT2D eigenvalue weighted by atomic mass is 127. The second-order valence-electron chi connectivity index (χ2n) is 3.77. The summed E-state index contributed by atoms with van der Waals surface area (Å²) in [6.07, 6.45) is 0.309. The van der Waals surface area contributed by atoms with Crippen molar-refractivity contribution in [3.05, 3.63) is 28.4 Å². The largest absolute Gasteiger partial charge is 0.480 e. The minimum absolute atomic E-state index is 0.309. The number of carbonyl (C=O) groups excluding carboxylic acids is 1. The molecule has 0 radical (unpaired) electrons. The molecule has 5 nitrogen and oxygen atoms in total. The highest BCUT2D eigenvalue weighted by molar-refractivity contribution is 14.1. The molecule has 0 saturated heterocycles. The minimum Gasteiger partial charge on any atom is -0.480 e. The number of carboxylic acids is 1. The Morgan fingerprint density at radius 3 is 2.21 bits per heavy atom. The number of hydrogen-bond acceptors (Lipinski definition) is 3. The first kappa shape index (κ1) is 17.4. The predicted molar refractivity (Wildman–Crippen MR) is 96.7 cm³/mol. The number of halogens is 3. The van der Waals surface area contributed by atoms with Crippen LogP contribution in [-0.4, -0.2) is 23.0 Å². The van der Waals surface area contributed by atoms with Crippen molar-refractivity contribution in [1.29, 1.82) is 0 Å². The van der Waals surface area contributed by atoms with E-state index in [4.69, 9.17) is 5.11 Å². The Balaban J connectivity index is 2.91. The van der Waals surface area contributed by atoms with Crippen molar-refractivity contribution in [1.82, 2.24) is 10.9 Å². The maximum atomic E-state index is 11.2. The number of aliphatic carboxylic acids is 1. The van der Waals surface area contributed by atoms with Crippen LogP contribution in [0.4, 0.5) is 0 Å². The SMILES string of the molecule is CC(=O)NN[C@@H](Cc1c(I)cc(I)cc1I)C(=O)O. The van der Waals surface area contributed by atoms with Crippen LogP contribution in [0, 0.1) is 10.7 Å². The van der Waals surface area contributed by atoms with E-state index >= 15 is 0 Å². The summed E-state index contributed by atoms with van der Waals surface area (Å²) in [4.78, 5) is 22.0. The second-order valence-corrected chi connectivity index (χ2v) is 7.34. The van der Waals surface area contributed by atoms with Gasteiger partial charge in [0.05, 0.1) is 0 Å². The minimum atomic E-state index is -1.00. The van der Waals surface area contributed by atoms with Gasteiger partial charge in [-0.25, -0.2) is 5.43 Å². The van der Waals surface area contributed by atoms with Gasteiger partial charge in [-0.2, -0.15) is 0 Å². The number of amides is 1. The fourth-order valence-electron chi connectivity index (χ4n) is 1.36. The van der Waals surface area contributed by atoms with E-state index in [1.54, 1.807) is 0 Å². The van der Waals surface area contributed by atoms with E-state index in [0.717, 1.165) is 16.3 Å². The third kappa shape index (κ3) is 5.67. The lowest BCUT2D eigenvalue weighted by Gasteiger charge is -2.16. The second kappa shape index (κ2) is 7.93. The van der Waals surface area contributed by atoms with Gasteiger partial charge in [0.1, 0.15) is 6.04 Å². The third-order valence-electron chi connectivity index (χ3n) is 2.23. The molecule has 0 unspecified atom stereocenters. The molecule has 104 valence electrons. The van der Waals surface area contributed by atoms with Crippen molar-refractivity contribution in [2.24, 2.45) is 0 Å². The summed E-state index contributed by atoms with van der Waals surface area (Å²) in [5.74, 6) is -1.32. The van der Waals surface area contributed by atoms with Crippen molar-refractivity contribution in [3.63, 3.8) is 0 Å². The lowest BCUT2D eigenvalue weighted by atomic mass is 10.1. The average molecular weight is 600 g/mol. The molecule has 1 amide bonds. The van der Waals surface area contributed by atoms with Crippen molar-refractivity contribution in [2.45, 2.75) is 19.4 Å². The average Bonchev–Trinajstić information content (AvgIpc) is 2.25. The van der Waals surface area contributed by atoms with E-state index in [0.29, 0.717) is 6.42 Å². The number of carboxylic acid groups (broad SMARTS) is 1. The zero-order valence-electron chi connectivity index (χ0n) is 9.84. The van der Waals surface area contributed by atoms with Crippen molar-refractivity contribution in [2.75, 3.05) is 0 Å². The Hall–Kier alpha value is 0.310. The zero-order chi connectivity index (χ0) is 14.6. The van der Waals surface area contributed by atoms with Gasteiger partial charge in [0.2, 0.25) is 5.91 Å². The molecule has 0 aliphatic rings. The van der Waals surface area contributed by atoms with Crippen LogP contribution in [0.15, 0.2) is 12.1 Å². The van der Waals surface area contributed by atoms with Crippen LogP contribution in [0.2, 0.25) is 0 Å². The standard InChI is InChI=1S/C11H11I3N2O3/c1-5(17)15-16-10(11(18)19)4-7-8(13)2-6(12)3-9(7)14/h2-3,10,16H,4H2,1H3,(H,15,17)(H,18,19)/t10-/m0/s1. The Bertz CT molecular complexity index is 485. The number of benzene rings is 1. The summed E-state index contributed by atoms with van der Waals surface area (Å²) in [6.45, 7) is 1.32. The Morgan fingerprint density at radius 2 is 1.79 bits per heavy atom. The molecule has 0 heterocycles. The van der Waals surface area contributed by atoms with Gasteiger partial charge in [-0.15, -0.1) is 0 Å². The molecule has 19 heavy (non-hydrogen) atoms. The molecule has 1 rings (SSSR count). The number of carbonyl (C=O) groups is 2. The molecule has 1 aromatic rings. The van der Waals surface area contributed by atoms with E-state index < -0.39 is 12.0 Å². The van der Waals surface area contributed by atoms with Gasteiger partial charge in [0, 0.05) is 24.1 Å². The van der Waals surface area contributed by atoms with Crippen LogP contribution in [0.3, 0.4) is 0 Å². The summed E-state index contributed by atoms with van der Waals surface area (Å²) in [5.41, 5.74) is 5.81. The number of hydrogen-bond donors (Lipinski definition) is 3. The van der Waals surface area contributed by atoms with Crippen molar-refractivity contribution >= 4 is 79.6 Å². The Labute approximate surface area is 151 Å². The van der Waals surface area contributed by atoms with Gasteiger partial charge in [-0.3, -0.25) is 15.0 Å². The topological polar surface area (TPSA) is 78.4 Å². The van der Waals surface area contributed by atoms with Gasteiger partial charge in [0.25, 0.3) is 0 Å². The lowest BCUT2D eigenvalue weighted by molar-refractivity contribution is -0.140. The van der Waals surface area contributed by atoms with Gasteiger partial charge >= 0.3 is 5.97 Å². The van der Waals surface area contributed by atoms with Crippen LogP contribution in [-0.2, 0) is 16.0 Å². The first-order valence-electron chi connectivity index (χ1n) is 5.19. The van der Waals surface area contributed by atoms with Crippen LogP contribution >= 0.6 is 67.8 Å². The molecule has 0 aromatic heterocycles. The van der Waals surface area contributed by atoms with Gasteiger partial charge in [-0.1, -0.05) is 0 Å². The van der Waals surface area contributed by atoms with Crippen LogP contribution in [0.1, 0.15) is 12.5 Å². The maximum Gasteiger partial charge on any atom is 0.322 e. The normalized spacial score (nSPS) is 12.0. The fraction of sp³-hybridized carbons (Fsp3) is 0.273. The molecule has 0 saturated carbocycles. The summed E-state index contributed by atoms with van der Waals surface area (Å²) < 4.78 is 3.14. The van der Waals surface area contributed by atoms with E-state index in [1.165, 1.54) is 6.92 Å². The molecule has 0 bridgehead atoms. The number of nitrogens with one attached hydrogen (secondary N) is 2. The summed E-state index contributed by atoms with van der Waals surface area (Å²) in [7, 11) is 0. The zero-order valence-corrected chi connectivity index (χ0v) is 16.3. The monoisotopic (exact) mass is 600 g/mol. The number of hydrazine groups is 1. The smallest absolute Gasteiger partial charge is 0.322 e. The van der Waals surface area contributed by atoms with E-state index in [-0.39, 0.29) is 5.91 Å². The third-order valence-corrected chi connectivity index (χ3v) is 4.78. The molecule has 1 atom stereocenters. The molecule has 0 aliphatic heterocycles. The molecule has 0 fully saturated rings. The summed E-state index contributed by atoms with van der Waals surface area (Å²) in [6, 6.07) is 3.14. The van der Waals surface area contributed by atoms with E-state index in [9.17, 15) is 9.59 Å². The van der Waals surface area contributed by atoms with Crippen LogP contribution < -0.4 is 10.9 Å². The van der Waals surface area contributed by atoms with E-state index in [2.05, 4.69) is 78.6 Å². The van der Waals surface area contributed by atoms with Crippen molar-refractivity contribution < 1.29 is 14.7 Å². The molecule has 8 heteroatoms. The summed E-state index contributed by atoms with van der Waals surface area (Å²) >= 11 is 6.61. The molecule has 3 N–H and O–H groups in total. The quantitative estimate of drug-likeness (QED) is 0.358. The van der Waals surface area contributed by atoms with Crippen LogP contribution in [0.25, 0.3) is 0 Å². The van der Waals surface area contributed by atoms with Crippen LogP contribution in [0.5, 0.6) is 0 Å². The summed E-state index contributed by atoms with van der Waals surface area (Å²) in [5, 5.41) is 9.16. The number of rotatable bonds is 5. The maximum absolute atomic E-state index is 11.2. The Kier molecular flexibility index (Phi) is 7.24. The molecular formula is C11H11I3N2O3. The first-order chi connectivity index (χ1) is 8.81. The van der Waals surface area contributed by atoms with Crippen molar-refractivity contribution in [3.8, 4) is 0 Å². The predicted octanol–water partition coefficient (Wildman–Crippen LogP) is 2.14. The molecule has 1 aromatic carbocycles. The Morgan fingerprint density at radius 1 is 1.26 bits per heavy atom. The van der Waals surface area contributed by atoms with Gasteiger partial charge in [-0.05, 0) is 85.5 Å². The molecular weight excluding hydrogens is 589 g/mol. The van der Waals surface area contributed by atoms with Gasteiger partial charge < -0.3 is 5.11 Å². The fourth-order valence-corrected chi connectivity index (χ4v) is 5.38. The lowest BCUT2D eigenvalue weighted by Crippen LogP contribution is -2.48. The van der Waals surface area contributed by atoms with E-state index in [1.807, 2.05) is 12.1 Å². The molecule has 0 aliphatic carbocycles. The first-order valence-corrected chi connectivity index (χ1v) is 8.43.